The van der Waals surface area contributed by atoms with Gasteiger partial charge in [-0.3, -0.25) is 14.5 Å². The number of carboxylic acids is 1. The Morgan fingerprint density at radius 2 is 2.08 bits per heavy atom. The Morgan fingerprint density at radius 3 is 2.79 bits per heavy atom. The quantitative estimate of drug-likeness (QED) is 0.853. The number of para-hydroxylation sites is 1. The van der Waals surface area contributed by atoms with Crippen molar-refractivity contribution >= 4 is 11.9 Å². The Morgan fingerprint density at radius 1 is 1.33 bits per heavy atom. The van der Waals surface area contributed by atoms with Crippen molar-refractivity contribution in [1.82, 2.24) is 9.80 Å². The molecule has 0 aliphatic carbocycles. The van der Waals surface area contributed by atoms with Gasteiger partial charge in [-0.2, -0.15) is 0 Å². The maximum atomic E-state index is 13.5. The molecule has 1 unspecified atom stereocenters. The number of benzene rings is 1. The van der Waals surface area contributed by atoms with Crippen molar-refractivity contribution in [2.75, 3.05) is 33.3 Å². The van der Waals surface area contributed by atoms with E-state index in [1.165, 1.54) is 12.1 Å². The minimum absolute atomic E-state index is 0.00495. The predicted octanol–water partition coefficient (Wildman–Crippen LogP) is 1.60. The lowest BCUT2D eigenvalue weighted by molar-refractivity contribution is -0.138. The summed E-state index contributed by atoms with van der Waals surface area (Å²) in [6, 6.07) is 6.13. The molecule has 7 heteroatoms. The molecule has 1 heterocycles. The van der Waals surface area contributed by atoms with E-state index in [0.29, 0.717) is 13.1 Å². The molecule has 1 amide bonds. The second-order valence-corrected chi connectivity index (χ2v) is 5.99. The van der Waals surface area contributed by atoms with Gasteiger partial charge in [-0.1, -0.05) is 12.1 Å². The van der Waals surface area contributed by atoms with E-state index < -0.39 is 11.8 Å². The molecule has 0 aromatic heterocycles. The Kier molecular flexibility index (Phi) is 6.54. The number of aliphatic carboxylic acids is 1. The number of hydrogen-bond donors (Lipinski definition) is 1. The maximum absolute atomic E-state index is 13.5. The lowest BCUT2D eigenvalue weighted by atomic mass is 10.1. The lowest BCUT2D eigenvalue weighted by Gasteiger charge is -2.25. The highest BCUT2D eigenvalue weighted by atomic mass is 19.1. The Hall–Kier alpha value is -2.15. The van der Waals surface area contributed by atoms with Crippen LogP contribution >= 0.6 is 0 Å². The van der Waals surface area contributed by atoms with Gasteiger partial charge in [0.15, 0.2) is 18.2 Å². The molecule has 1 aromatic rings. The van der Waals surface area contributed by atoms with Crippen LogP contribution in [-0.4, -0.2) is 66.1 Å². The fourth-order valence-corrected chi connectivity index (χ4v) is 2.90. The third-order valence-electron chi connectivity index (χ3n) is 4.25. The second kappa shape index (κ2) is 8.63. The molecule has 0 radical (unpaired) electrons. The molecule has 1 saturated heterocycles. The molecule has 2 rings (SSSR count). The minimum Gasteiger partial charge on any atom is -0.481 e. The molecule has 1 aliphatic rings. The van der Waals surface area contributed by atoms with E-state index in [-0.39, 0.29) is 30.9 Å². The number of ether oxygens (including phenoxy) is 1. The second-order valence-electron chi connectivity index (χ2n) is 5.99. The van der Waals surface area contributed by atoms with Crippen molar-refractivity contribution in [3.8, 4) is 5.75 Å². The predicted molar refractivity (Wildman–Crippen MR) is 86.4 cm³/mol. The van der Waals surface area contributed by atoms with Crippen LogP contribution in [0.25, 0.3) is 0 Å². The summed E-state index contributed by atoms with van der Waals surface area (Å²) in [5, 5.41) is 8.87. The number of likely N-dealkylation sites (N-methyl/N-ethyl adjacent to an activating group) is 1. The van der Waals surface area contributed by atoms with Gasteiger partial charge in [0.05, 0.1) is 6.54 Å². The van der Waals surface area contributed by atoms with Gasteiger partial charge in [-0.15, -0.1) is 0 Å². The van der Waals surface area contributed by atoms with Crippen molar-refractivity contribution in [3.63, 3.8) is 0 Å². The smallest absolute Gasteiger partial charge is 0.317 e. The van der Waals surface area contributed by atoms with Gasteiger partial charge in [-0.05, 0) is 38.4 Å². The van der Waals surface area contributed by atoms with Crippen molar-refractivity contribution in [1.29, 1.82) is 0 Å². The number of carbonyl (C=O) groups is 2. The third-order valence-corrected chi connectivity index (χ3v) is 4.25. The molecule has 1 aromatic carbocycles. The summed E-state index contributed by atoms with van der Waals surface area (Å²) in [7, 11) is 1.79. The maximum Gasteiger partial charge on any atom is 0.317 e. The zero-order chi connectivity index (χ0) is 17.5. The highest BCUT2D eigenvalue weighted by Crippen LogP contribution is 2.18. The van der Waals surface area contributed by atoms with E-state index >= 15 is 0 Å². The normalized spacial score (nSPS) is 18.3. The van der Waals surface area contributed by atoms with Crippen LogP contribution in [0.5, 0.6) is 5.75 Å². The molecule has 1 atom stereocenters. The fourth-order valence-electron chi connectivity index (χ4n) is 2.90. The van der Waals surface area contributed by atoms with Crippen LogP contribution in [0.1, 0.15) is 19.3 Å². The van der Waals surface area contributed by atoms with E-state index in [4.69, 9.17) is 9.84 Å². The minimum atomic E-state index is -0.854. The number of likely N-dealkylation sites (tertiary alicyclic amines) is 1. The zero-order valence-electron chi connectivity index (χ0n) is 13.8. The molecular weight excluding hydrogens is 315 g/mol. The standard InChI is InChI=1S/C17H23FN2O4/c1-19(11-17(22)23)13-5-4-9-20(10-8-13)16(21)12-24-15-7-3-2-6-14(15)18/h2-3,6-7,13H,4-5,8-12H2,1H3,(H,22,23). The summed E-state index contributed by atoms with van der Waals surface area (Å²) in [6.07, 6.45) is 2.37. The number of rotatable bonds is 6. The first kappa shape index (κ1) is 18.2. The Labute approximate surface area is 140 Å². The number of amides is 1. The number of hydrogen-bond acceptors (Lipinski definition) is 4. The Balaban J connectivity index is 1.83. The van der Waals surface area contributed by atoms with Crippen LogP contribution < -0.4 is 4.74 Å². The number of halogens is 1. The van der Waals surface area contributed by atoms with Crippen molar-refractivity contribution in [2.45, 2.75) is 25.3 Å². The first-order chi connectivity index (χ1) is 11.5. The number of nitrogens with zero attached hydrogens (tertiary/aromatic N) is 2. The van der Waals surface area contributed by atoms with Crippen molar-refractivity contribution in [2.24, 2.45) is 0 Å². The van der Waals surface area contributed by atoms with Gasteiger partial charge in [-0.25, -0.2) is 4.39 Å². The number of carbonyl (C=O) groups excluding carboxylic acids is 1. The number of carboxylic acid groups (broad SMARTS) is 1. The first-order valence-corrected chi connectivity index (χ1v) is 8.04. The molecular formula is C17H23FN2O4. The van der Waals surface area contributed by atoms with Crippen LogP contribution in [-0.2, 0) is 9.59 Å². The average Bonchev–Trinajstić information content (AvgIpc) is 2.79. The summed E-state index contributed by atoms with van der Waals surface area (Å²) in [5.41, 5.74) is 0. The highest BCUT2D eigenvalue weighted by molar-refractivity contribution is 5.77. The van der Waals surface area contributed by atoms with E-state index in [9.17, 15) is 14.0 Å². The van der Waals surface area contributed by atoms with Crippen LogP contribution in [0.4, 0.5) is 4.39 Å². The molecule has 0 saturated carbocycles. The summed E-state index contributed by atoms with van der Waals surface area (Å²) in [5.74, 6) is -1.45. The van der Waals surface area contributed by atoms with Crippen LogP contribution in [0.2, 0.25) is 0 Å². The van der Waals surface area contributed by atoms with Crippen LogP contribution in [0.3, 0.4) is 0 Å². The summed E-state index contributed by atoms with van der Waals surface area (Å²) < 4.78 is 18.8. The lowest BCUT2D eigenvalue weighted by Crippen LogP contribution is -2.38. The van der Waals surface area contributed by atoms with Gasteiger partial charge >= 0.3 is 5.97 Å². The average molecular weight is 338 g/mol. The third kappa shape index (κ3) is 5.19. The summed E-state index contributed by atoms with van der Waals surface area (Å²) in [6.45, 7) is 0.955. The van der Waals surface area contributed by atoms with Crippen molar-refractivity contribution < 1.29 is 23.8 Å². The van der Waals surface area contributed by atoms with Crippen LogP contribution in [0, 0.1) is 5.82 Å². The summed E-state index contributed by atoms with van der Waals surface area (Å²) >= 11 is 0. The zero-order valence-corrected chi connectivity index (χ0v) is 13.8. The molecule has 0 bridgehead atoms. The van der Waals surface area contributed by atoms with Gasteiger partial charge in [0, 0.05) is 19.1 Å². The van der Waals surface area contributed by atoms with Crippen molar-refractivity contribution in [3.05, 3.63) is 30.1 Å². The molecule has 1 N–H and O–H groups in total. The molecule has 1 aliphatic heterocycles. The van der Waals surface area contributed by atoms with E-state index in [1.807, 2.05) is 4.90 Å². The SMILES string of the molecule is CN(CC(=O)O)C1CCCN(C(=O)COc2ccccc2F)CC1. The molecule has 0 spiro atoms. The topological polar surface area (TPSA) is 70.1 Å². The highest BCUT2D eigenvalue weighted by Gasteiger charge is 2.24. The summed E-state index contributed by atoms with van der Waals surface area (Å²) in [4.78, 5) is 26.6. The van der Waals surface area contributed by atoms with Gasteiger partial charge in [0.2, 0.25) is 0 Å². The Bertz CT molecular complexity index is 581. The largest absolute Gasteiger partial charge is 0.481 e. The molecule has 24 heavy (non-hydrogen) atoms. The first-order valence-electron chi connectivity index (χ1n) is 8.04. The monoisotopic (exact) mass is 338 g/mol. The van der Waals surface area contributed by atoms with Gasteiger partial charge in [0.25, 0.3) is 5.91 Å². The molecule has 1 fully saturated rings. The van der Waals surface area contributed by atoms with E-state index in [1.54, 1.807) is 24.1 Å². The van der Waals surface area contributed by atoms with Gasteiger partial charge in [0.1, 0.15) is 0 Å². The fraction of sp³-hybridized carbons (Fsp3) is 0.529. The molecule has 6 nitrogen and oxygen atoms in total. The van der Waals surface area contributed by atoms with E-state index in [2.05, 4.69) is 0 Å². The molecule has 132 valence electrons. The van der Waals surface area contributed by atoms with Gasteiger partial charge < -0.3 is 14.7 Å². The van der Waals surface area contributed by atoms with Crippen LogP contribution in [0.15, 0.2) is 24.3 Å². The van der Waals surface area contributed by atoms with E-state index in [0.717, 1.165) is 19.3 Å².